The fourth-order valence-corrected chi connectivity index (χ4v) is 5.68. The number of para-hydroxylation sites is 1. The zero-order valence-electron chi connectivity index (χ0n) is 23.0. The van der Waals surface area contributed by atoms with Gasteiger partial charge in [0.1, 0.15) is 11.3 Å². The number of likely N-dealkylation sites (N-methyl/N-ethyl adjacent to an activating group) is 1. The topological polar surface area (TPSA) is 110 Å². The number of benzene rings is 1. The zero-order valence-corrected chi connectivity index (χ0v) is 23.0. The van der Waals surface area contributed by atoms with Gasteiger partial charge in [-0.3, -0.25) is 10.1 Å². The highest BCUT2D eigenvalue weighted by Gasteiger charge is 2.46. The smallest absolute Gasteiger partial charge is 0.268 e. The van der Waals surface area contributed by atoms with Crippen LogP contribution in [0.1, 0.15) is 25.0 Å². The van der Waals surface area contributed by atoms with Crippen LogP contribution in [0.2, 0.25) is 0 Å². The molecule has 0 radical (unpaired) electrons. The van der Waals surface area contributed by atoms with E-state index in [-0.39, 0.29) is 42.4 Å². The number of methoxy groups -OCH3 is 1. The van der Waals surface area contributed by atoms with Crippen molar-refractivity contribution in [2.24, 2.45) is 0 Å². The maximum absolute atomic E-state index is 14.3. The second kappa shape index (κ2) is 10.6. The maximum atomic E-state index is 14.3. The summed E-state index contributed by atoms with van der Waals surface area (Å²) in [4.78, 5) is 22.9. The molecular formula is C28H33F2N7O3. The molecule has 0 fully saturated rings. The average molecular weight is 554 g/mol. The number of nitrogens with one attached hydrogen (secondary N) is 2. The molecule has 0 bridgehead atoms. The molecule has 1 aliphatic carbocycles. The number of allylic oxidation sites excluding steroid dienone is 1. The Morgan fingerprint density at radius 3 is 2.73 bits per heavy atom. The average Bonchev–Trinajstić information content (AvgIpc) is 3.24. The number of ether oxygens (including phenoxy) is 1. The van der Waals surface area contributed by atoms with Crippen molar-refractivity contribution in [2.75, 3.05) is 40.1 Å². The summed E-state index contributed by atoms with van der Waals surface area (Å²) in [5, 5.41) is 19.3. The van der Waals surface area contributed by atoms with Crippen LogP contribution in [0.25, 0.3) is 22.2 Å². The number of hydrogen-bond acceptors (Lipinski definition) is 8. The standard InChI is InChI=1S/C28H33F2N7O3/c1-31-27(12-14-35(2)3)16-23(40-4)20(15-24(27)37(38)39)34-26-32-13-10-19(33-26)25-18-7-5-6-8-21(18)36-17-28(29,30)11-9-22(25)36/h5-8,10,13,15,31H,9,11-12,14,16-17H2,1-4H3,(H,32,33,34). The minimum absolute atomic E-state index is 0.0183. The highest BCUT2D eigenvalue weighted by atomic mass is 19.3. The molecule has 1 aromatic carbocycles. The van der Waals surface area contributed by atoms with Crippen molar-refractivity contribution in [1.29, 1.82) is 0 Å². The molecule has 2 aromatic heterocycles. The Balaban J connectivity index is 1.53. The van der Waals surface area contributed by atoms with E-state index in [1.807, 2.05) is 43.3 Å². The summed E-state index contributed by atoms with van der Waals surface area (Å²) < 4.78 is 36.1. The molecule has 3 heterocycles. The molecule has 2 N–H and O–H groups in total. The minimum atomic E-state index is -2.77. The predicted octanol–water partition coefficient (Wildman–Crippen LogP) is 4.42. The first-order valence-corrected chi connectivity index (χ1v) is 13.1. The van der Waals surface area contributed by atoms with Crippen LogP contribution in [0.4, 0.5) is 14.7 Å². The SMILES string of the molecule is CNC1(CCN(C)C)CC(OC)=C(Nc2nccc(-c3c4n(c5ccccc35)CC(F)(F)CC4)n2)C=C1[N+](=O)[O-]. The molecule has 3 aromatic rings. The van der Waals surface area contributed by atoms with E-state index in [9.17, 15) is 18.9 Å². The first kappa shape index (κ1) is 27.7. The molecule has 0 spiro atoms. The Morgan fingerprint density at radius 2 is 2.02 bits per heavy atom. The summed E-state index contributed by atoms with van der Waals surface area (Å²) >= 11 is 0. The van der Waals surface area contributed by atoms with E-state index >= 15 is 0 Å². The van der Waals surface area contributed by atoms with E-state index in [1.165, 1.54) is 13.2 Å². The number of alkyl halides is 2. The predicted molar refractivity (Wildman–Crippen MR) is 149 cm³/mol. The fraction of sp³-hybridized carbons (Fsp3) is 0.429. The number of anilines is 1. The van der Waals surface area contributed by atoms with Gasteiger partial charge >= 0.3 is 0 Å². The second-order valence-electron chi connectivity index (χ2n) is 10.6. The molecule has 2 aliphatic rings. The molecule has 10 nitrogen and oxygen atoms in total. The number of nitrogens with zero attached hydrogens (tertiary/aromatic N) is 5. The number of nitro groups is 1. The molecule has 5 rings (SSSR count). The molecule has 1 atom stereocenters. The Kier molecular flexibility index (Phi) is 7.32. The molecule has 1 aliphatic heterocycles. The summed E-state index contributed by atoms with van der Waals surface area (Å²) in [6, 6.07) is 9.22. The van der Waals surface area contributed by atoms with Crippen molar-refractivity contribution in [3.8, 4) is 11.3 Å². The molecule has 0 saturated heterocycles. The van der Waals surface area contributed by atoms with Crippen molar-refractivity contribution < 1.29 is 18.4 Å². The summed E-state index contributed by atoms with van der Waals surface area (Å²) in [7, 11) is 7.08. The van der Waals surface area contributed by atoms with Gasteiger partial charge in [0.25, 0.3) is 11.6 Å². The van der Waals surface area contributed by atoms with Crippen molar-refractivity contribution >= 4 is 16.9 Å². The highest BCUT2D eigenvalue weighted by Crippen LogP contribution is 2.41. The first-order valence-electron chi connectivity index (χ1n) is 13.1. The lowest BCUT2D eigenvalue weighted by Gasteiger charge is -2.35. The van der Waals surface area contributed by atoms with Gasteiger partial charge in [0.15, 0.2) is 0 Å². The lowest BCUT2D eigenvalue weighted by Crippen LogP contribution is -2.50. The minimum Gasteiger partial charge on any atom is -0.499 e. The Hall–Kier alpha value is -3.90. The summed E-state index contributed by atoms with van der Waals surface area (Å²) in [6.07, 6.45) is 3.81. The van der Waals surface area contributed by atoms with Crippen molar-refractivity contribution in [3.63, 3.8) is 0 Å². The number of halogens is 2. The third kappa shape index (κ3) is 5.04. The second-order valence-corrected chi connectivity index (χ2v) is 10.6. The van der Waals surface area contributed by atoms with Crippen LogP contribution < -0.4 is 10.6 Å². The van der Waals surface area contributed by atoms with Crippen molar-refractivity contribution in [3.05, 3.63) is 75.6 Å². The van der Waals surface area contributed by atoms with E-state index < -0.39 is 11.5 Å². The molecule has 12 heteroatoms. The van der Waals surface area contributed by atoms with Crippen LogP contribution in [-0.2, 0) is 17.7 Å². The van der Waals surface area contributed by atoms with Gasteiger partial charge in [0.05, 0.1) is 30.0 Å². The number of aromatic nitrogens is 3. The molecule has 0 amide bonds. The van der Waals surface area contributed by atoms with Crippen LogP contribution >= 0.6 is 0 Å². The van der Waals surface area contributed by atoms with Crippen LogP contribution in [-0.4, -0.2) is 70.6 Å². The van der Waals surface area contributed by atoms with Crippen LogP contribution in [0.15, 0.2) is 59.8 Å². The van der Waals surface area contributed by atoms with Gasteiger partial charge in [-0.25, -0.2) is 18.7 Å². The first-order chi connectivity index (χ1) is 19.1. The van der Waals surface area contributed by atoms with Crippen molar-refractivity contribution in [1.82, 2.24) is 24.8 Å². The lowest BCUT2D eigenvalue weighted by atomic mass is 9.82. The van der Waals surface area contributed by atoms with Gasteiger partial charge in [-0.2, -0.15) is 0 Å². The third-order valence-corrected chi connectivity index (χ3v) is 7.80. The monoisotopic (exact) mass is 553 g/mol. The van der Waals surface area contributed by atoms with Gasteiger partial charge in [0, 0.05) is 47.3 Å². The lowest BCUT2D eigenvalue weighted by molar-refractivity contribution is -0.437. The van der Waals surface area contributed by atoms with E-state index in [0.29, 0.717) is 30.1 Å². The van der Waals surface area contributed by atoms with Crippen LogP contribution in [0, 0.1) is 10.1 Å². The number of fused-ring (bicyclic) bond motifs is 3. The van der Waals surface area contributed by atoms with Crippen LogP contribution in [0.5, 0.6) is 0 Å². The van der Waals surface area contributed by atoms with Crippen molar-refractivity contribution in [2.45, 2.75) is 43.7 Å². The maximum Gasteiger partial charge on any atom is 0.268 e. The molecule has 0 saturated carbocycles. The summed E-state index contributed by atoms with van der Waals surface area (Å²) in [5.41, 5.74) is 2.41. The summed E-state index contributed by atoms with van der Waals surface area (Å²) in [5.74, 6) is -2.02. The largest absolute Gasteiger partial charge is 0.499 e. The molecule has 212 valence electrons. The van der Waals surface area contributed by atoms with Gasteiger partial charge < -0.3 is 24.8 Å². The van der Waals surface area contributed by atoms with E-state index in [4.69, 9.17) is 9.72 Å². The van der Waals surface area contributed by atoms with Crippen LogP contribution in [0.3, 0.4) is 0 Å². The van der Waals surface area contributed by atoms with Gasteiger partial charge in [-0.1, -0.05) is 18.2 Å². The molecule has 40 heavy (non-hydrogen) atoms. The Morgan fingerprint density at radius 1 is 1.25 bits per heavy atom. The van der Waals surface area contributed by atoms with Gasteiger partial charge in [0.2, 0.25) is 5.95 Å². The van der Waals surface area contributed by atoms with E-state index in [0.717, 1.165) is 22.2 Å². The fourth-order valence-electron chi connectivity index (χ4n) is 5.68. The summed E-state index contributed by atoms with van der Waals surface area (Å²) in [6.45, 7) is 0.261. The van der Waals surface area contributed by atoms with E-state index in [2.05, 4.69) is 15.6 Å². The van der Waals surface area contributed by atoms with Gasteiger partial charge in [-0.15, -0.1) is 0 Å². The highest BCUT2D eigenvalue weighted by molar-refractivity contribution is 5.97. The Labute approximate surface area is 230 Å². The molecule has 1 unspecified atom stereocenters. The third-order valence-electron chi connectivity index (χ3n) is 7.80. The van der Waals surface area contributed by atoms with E-state index in [1.54, 1.807) is 23.9 Å². The molecular weight excluding hydrogens is 520 g/mol. The zero-order chi connectivity index (χ0) is 28.7. The normalized spacial score (nSPS) is 20.4. The Bertz CT molecular complexity index is 1510. The quantitative estimate of drug-likeness (QED) is 0.296. The number of rotatable bonds is 9. The van der Waals surface area contributed by atoms with Gasteiger partial charge in [-0.05, 0) is 52.7 Å². The number of hydrogen-bond donors (Lipinski definition) is 2.